The number of rotatable bonds is 29. The quantitative estimate of drug-likeness (QED) is 0.0216. The number of benzene rings is 4. The first-order valence-electron chi connectivity index (χ1n) is 28.2. The number of nitrogens with zero attached hydrogens (tertiary/aromatic N) is 1. The summed E-state index contributed by atoms with van der Waals surface area (Å²) in [6.45, 7) is 12.6. The minimum Gasteiger partial charge on any atom is -0.494 e. The van der Waals surface area contributed by atoms with E-state index >= 15 is 0 Å². The van der Waals surface area contributed by atoms with E-state index in [4.69, 9.17) is 42.9 Å². The van der Waals surface area contributed by atoms with Crippen LogP contribution < -0.4 is 28.4 Å². The molecule has 1 heterocycles. The average Bonchev–Trinajstić information content (AvgIpc) is 3.94. The maximum atomic E-state index is 13.9. The number of hydrogen-bond acceptors (Lipinski definition) is 15. The van der Waals surface area contributed by atoms with Crippen LogP contribution >= 0.6 is 0 Å². The number of fused-ring (bicyclic) bond motifs is 1. The zero-order chi connectivity index (χ0) is 56.6. The van der Waals surface area contributed by atoms with Gasteiger partial charge in [0.2, 0.25) is 0 Å². The number of aliphatic imine (C=N–C) groups is 1. The van der Waals surface area contributed by atoms with Gasteiger partial charge in [-0.25, -0.2) is 9.59 Å². The van der Waals surface area contributed by atoms with Gasteiger partial charge in [-0.2, -0.15) is 0 Å². The van der Waals surface area contributed by atoms with Crippen LogP contribution in [0.25, 0.3) is 5.57 Å². The van der Waals surface area contributed by atoms with Crippen LogP contribution in [-0.4, -0.2) is 68.0 Å². The minimum atomic E-state index is -0.431. The molecular weight excluding hydrogens is 1020 g/mol. The molecule has 3 aliphatic rings. The molecule has 2 saturated carbocycles. The molecule has 1 atom stereocenters. The fraction of sp³-hybridized carbons (Fsp3) is 0.431. The van der Waals surface area contributed by atoms with Crippen molar-refractivity contribution in [2.24, 2.45) is 34.6 Å². The lowest BCUT2D eigenvalue weighted by atomic mass is 9.82. The van der Waals surface area contributed by atoms with E-state index < -0.39 is 35.7 Å². The summed E-state index contributed by atoms with van der Waals surface area (Å²) >= 11 is 0. The van der Waals surface area contributed by atoms with Crippen molar-refractivity contribution in [3.05, 3.63) is 134 Å². The zero-order valence-corrected chi connectivity index (χ0v) is 46.2. The van der Waals surface area contributed by atoms with Crippen LogP contribution in [0.5, 0.6) is 34.5 Å². The van der Waals surface area contributed by atoms with Gasteiger partial charge in [-0.15, -0.1) is 0 Å². The highest BCUT2D eigenvalue weighted by atomic mass is 16.6. The van der Waals surface area contributed by atoms with Crippen molar-refractivity contribution in [2.45, 2.75) is 123 Å². The monoisotopic (exact) mass is 1090 g/mol. The van der Waals surface area contributed by atoms with E-state index in [0.29, 0.717) is 118 Å². The normalized spacial score (nSPS) is 18.0. The first kappa shape index (κ1) is 59.8. The van der Waals surface area contributed by atoms with Gasteiger partial charge in [0.05, 0.1) is 55.8 Å². The SMILES string of the molecule is C=CC(=O)OCCCCCCOc1ccc(OC(=O)C2CCC(C(=O)Oc3ccc(OC(=O)C4CCC(C(=O)Oc5ccc(OCCCCCCOC(=O)C=C)cc5)CC4)c(/C(C)=C/C(C)C4=Nc5ccccc5C4)c3)CC2)cc1. The average molecular weight is 1090 g/mol. The van der Waals surface area contributed by atoms with E-state index in [1.54, 1.807) is 66.7 Å². The smallest absolute Gasteiger partial charge is 0.330 e. The molecule has 4 aromatic carbocycles. The van der Waals surface area contributed by atoms with Crippen LogP contribution in [0.3, 0.4) is 0 Å². The topological polar surface area (TPSA) is 189 Å². The Hall–Kier alpha value is -7.81. The van der Waals surface area contributed by atoms with Gasteiger partial charge < -0.3 is 37.9 Å². The third-order valence-electron chi connectivity index (χ3n) is 14.8. The third kappa shape index (κ3) is 18.7. The van der Waals surface area contributed by atoms with Gasteiger partial charge >= 0.3 is 35.8 Å². The molecule has 0 spiro atoms. The number of unbranched alkanes of at least 4 members (excludes halogenated alkanes) is 6. The second kappa shape index (κ2) is 31.1. The highest BCUT2D eigenvalue weighted by molar-refractivity contribution is 5.97. The number of para-hydroxylation sites is 1. The molecule has 0 bridgehead atoms. The van der Waals surface area contributed by atoms with Gasteiger partial charge in [0, 0.05) is 35.8 Å². The van der Waals surface area contributed by atoms with Crippen LogP contribution in [0.4, 0.5) is 5.69 Å². The molecule has 7 rings (SSSR count). The molecule has 1 unspecified atom stereocenters. The van der Waals surface area contributed by atoms with E-state index in [1.165, 1.54) is 5.56 Å². The van der Waals surface area contributed by atoms with Gasteiger partial charge in [0.1, 0.15) is 34.5 Å². The molecule has 0 amide bonds. The number of hydrogen-bond donors (Lipinski definition) is 0. The van der Waals surface area contributed by atoms with E-state index in [9.17, 15) is 28.8 Å². The number of carbonyl (C=O) groups excluding carboxylic acids is 6. The zero-order valence-electron chi connectivity index (χ0n) is 46.2. The Bertz CT molecular complexity index is 2820. The first-order valence-corrected chi connectivity index (χ1v) is 28.2. The molecule has 0 saturated heterocycles. The summed E-state index contributed by atoms with van der Waals surface area (Å²) in [4.78, 5) is 81.3. The van der Waals surface area contributed by atoms with E-state index in [-0.39, 0.29) is 29.7 Å². The predicted octanol–water partition coefficient (Wildman–Crippen LogP) is 13.0. The molecular formula is C65H75NO14. The second-order valence-corrected chi connectivity index (χ2v) is 20.7. The van der Waals surface area contributed by atoms with Gasteiger partial charge in [-0.05, 0) is 194 Å². The van der Waals surface area contributed by atoms with Crippen molar-refractivity contribution in [2.75, 3.05) is 26.4 Å². The Labute approximate surface area is 469 Å². The number of esters is 6. The Morgan fingerprint density at radius 3 is 1.36 bits per heavy atom. The molecule has 80 heavy (non-hydrogen) atoms. The standard InChI is InChI=1S/C65H75NO14/c1-5-60(67)75-39-15-9-7-13-37-73-51-27-31-53(32-28-51)77-62(69)46-19-21-48(22-20-46)64(71)79-55-35-36-59(56(43-55)44(3)41-45(4)58-42-50-17-11-12-18-57(50)66-58)80-65(72)49-25-23-47(24-26-49)63(70)78-54-33-29-52(30-34-54)74-38-14-8-10-16-40-76-61(68)6-2/h5-6,11-12,17-18,27-36,41,43,45-49H,1-2,7-10,13-16,19-26,37-40,42H2,3-4H3/b44-41+. The lowest BCUT2D eigenvalue weighted by molar-refractivity contribution is -0.145. The van der Waals surface area contributed by atoms with Crippen LogP contribution in [0, 0.1) is 29.6 Å². The Morgan fingerprint density at radius 2 is 0.912 bits per heavy atom. The number of allylic oxidation sites excluding steroid dienone is 2. The molecule has 2 fully saturated rings. The highest BCUT2D eigenvalue weighted by Crippen LogP contribution is 2.38. The van der Waals surface area contributed by atoms with E-state index in [1.807, 2.05) is 25.1 Å². The van der Waals surface area contributed by atoms with Crippen LogP contribution in [-0.2, 0) is 44.7 Å². The number of ether oxygens (including phenoxy) is 8. The largest absolute Gasteiger partial charge is 0.494 e. The maximum Gasteiger partial charge on any atom is 0.330 e. The summed E-state index contributed by atoms with van der Waals surface area (Å²) < 4.78 is 45.3. The summed E-state index contributed by atoms with van der Waals surface area (Å²) in [6, 6.07) is 27.0. The number of carbonyl (C=O) groups is 6. The Morgan fingerprint density at radius 1 is 0.512 bits per heavy atom. The molecule has 1 aliphatic heterocycles. The fourth-order valence-corrected chi connectivity index (χ4v) is 10.0. The molecule has 0 radical (unpaired) electrons. The van der Waals surface area contributed by atoms with Crippen molar-refractivity contribution in [1.29, 1.82) is 0 Å². The van der Waals surface area contributed by atoms with Crippen LogP contribution in [0.15, 0.2) is 127 Å². The molecule has 15 heteroatoms. The molecule has 0 N–H and O–H groups in total. The van der Waals surface area contributed by atoms with Gasteiger partial charge in [0.25, 0.3) is 0 Å². The maximum absolute atomic E-state index is 13.9. The van der Waals surface area contributed by atoms with E-state index in [0.717, 1.165) is 86.9 Å². The Balaban J connectivity index is 0.877. The van der Waals surface area contributed by atoms with Crippen LogP contribution in [0.2, 0.25) is 0 Å². The second-order valence-electron chi connectivity index (χ2n) is 20.7. The summed E-state index contributed by atoms with van der Waals surface area (Å²) in [6.07, 6.45) is 15.8. The lowest BCUT2D eigenvalue weighted by Gasteiger charge is -2.26. The Kier molecular flexibility index (Phi) is 23.3. The predicted molar refractivity (Wildman–Crippen MR) is 303 cm³/mol. The summed E-state index contributed by atoms with van der Waals surface area (Å²) in [5.74, 6) is -1.11. The summed E-state index contributed by atoms with van der Waals surface area (Å²) in [7, 11) is 0. The molecule has 2 aliphatic carbocycles. The third-order valence-corrected chi connectivity index (χ3v) is 14.8. The van der Waals surface area contributed by atoms with E-state index in [2.05, 4.69) is 32.2 Å². The van der Waals surface area contributed by atoms with Gasteiger partial charge in [-0.1, -0.05) is 44.4 Å². The van der Waals surface area contributed by atoms with Crippen molar-refractivity contribution >= 4 is 52.8 Å². The first-order chi connectivity index (χ1) is 38.8. The van der Waals surface area contributed by atoms with Crippen molar-refractivity contribution in [3.8, 4) is 34.5 Å². The summed E-state index contributed by atoms with van der Waals surface area (Å²) in [5.41, 5.74) is 4.55. The molecule has 424 valence electrons. The molecule has 15 nitrogen and oxygen atoms in total. The van der Waals surface area contributed by atoms with Gasteiger partial charge in [-0.3, -0.25) is 24.2 Å². The summed E-state index contributed by atoms with van der Waals surface area (Å²) in [5, 5.41) is 0. The highest BCUT2D eigenvalue weighted by Gasteiger charge is 2.34. The van der Waals surface area contributed by atoms with Crippen LogP contribution in [0.1, 0.15) is 128 Å². The minimum absolute atomic E-state index is 0.0508. The lowest BCUT2D eigenvalue weighted by Crippen LogP contribution is -2.30. The van der Waals surface area contributed by atoms with Crippen molar-refractivity contribution < 1.29 is 66.7 Å². The van der Waals surface area contributed by atoms with Gasteiger partial charge in [0.15, 0.2) is 0 Å². The molecule has 4 aromatic rings. The molecule has 0 aromatic heterocycles. The van der Waals surface area contributed by atoms with Crippen molar-refractivity contribution in [3.63, 3.8) is 0 Å². The fourth-order valence-electron chi connectivity index (χ4n) is 10.0. The van der Waals surface area contributed by atoms with Crippen molar-refractivity contribution in [1.82, 2.24) is 0 Å².